The second-order valence-corrected chi connectivity index (χ2v) is 3.83. The number of nitrogens with two attached hydrogens (primary N) is 1. The summed E-state index contributed by atoms with van der Waals surface area (Å²) >= 11 is 0. The maximum Gasteiger partial charge on any atom is 0.401 e. The molecule has 1 heterocycles. The minimum atomic E-state index is -4.17. The summed E-state index contributed by atoms with van der Waals surface area (Å²) in [6.07, 6.45) is -3.62. The Hall–Kier alpha value is -0.240. The number of hydrogen-bond donors (Lipinski definition) is 1. The summed E-state index contributed by atoms with van der Waals surface area (Å²) in [7, 11) is 0. The van der Waals surface area contributed by atoms with E-state index in [9.17, 15) is 18.0 Å². The first kappa shape index (κ1) is 20.1. The van der Waals surface area contributed by atoms with Gasteiger partial charge in [-0.2, -0.15) is 13.2 Å². The van der Waals surface area contributed by atoms with Crippen molar-refractivity contribution in [2.24, 2.45) is 5.73 Å². The quantitative estimate of drug-likeness (QED) is 0.824. The number of hydrogen-bond acceptors (Lipinski definition) is 3. The van der Waals surface area contributed by atoms with Crippen LogP contribution in [0.15, 0.2) is 0 Å². The molecule has 4 nitrogen and oxygen atoms in total. The van der Waals surface area contributed by atoms with E-state index >= 15 is 0 Å². The van der Waals surface area contributed by atoms with Crippen molar-refractivity contribution >= 4 is 30.7 Å². The smallest absolute Gasteiger partial charge is 0.340 e. The highest BCUT2D eigenvalue weighted by Crippen LogP contribution is 2.17. The first-order valence-electron chi connectivity index (χ1n) is 5.19. The van der Waals surface area contributed by atoms with Gasteiger partial charge in [0, 0.05) is 26.2 Å². The average molecular weight is 312 g/mol. The van der Waals surface area contributed by atoms with Crippen LogP contribution in [0.4, 0.5) is 13.2 Å². The molecule has 0 atom stereocenters. The van der Waals surface area contributed by atoms with Gasteiger partial charge >= 0.3 is 6.18 Å². The van der Waals surface area contributed by atoms with E-state index < -0.39 is 12.7 Å². The lowest BCUT2D eigenvalue weighted by Gasteiger charge is -2.22. The zero-order chi connectivity index (χ0) is 12.2. The van der Waals surface area contributed by atoms with Gasteiger partial charge in [-0.1, -0.05) is 0 Å². The molecule has 1 rings (SSSR count). The molecule has 1 fully saturated rings. The van der Waals surface area contributed by atoms with Gasteiger partial charge in [-0.15, -0.1) is 24.8 Å². The summed E-state index contributed by atoms with van der Waals surface area (Å²) < 4.78 is 36.5. The van der Waals surface area contributed by atoms with Crippen LogP contribution in [0, 0.1) is 0 Å². The molecule has 9 heteroatoms. The summed E-state index contributed by atoms with van der Waals surface area (Å²) in [5, 5.41) is 0. The molecule has 0 unspecified atom stereocenters. The lowest BCUT2D eigenvalue weighted by Crippen LogP contribution is -2.40. The van der Waals surface area contributed by atoms with Crippen molar-refractivity contribution in [2.75, 3.05) is 39.3 Å². The van der Waals surface area contributed by atoms with Crippen molar-refractivity contribution in [1.29, 1.82) is 0 Å². The number of amides is 1. The second-order valence-electron chi connectivity index (χ2n) is 3.83. The molecule has 1 amide bonds. The molecule has 0 spiro atoms. The Labute approximate surface area is 116 Å². The maximum absolute atomic E-state index is 12.2. The zero-order valence-electron chi connectivity index (χ0n) is 9.78. The molecule has 0 aromatic rings. The minimum Gasteiger partial charge on any atom is -0.340 e. The van der Waals surface area contributed by atoms with E-state index in [-0.39, 0.29) is 43.8 Å². The lowest BCUT2D eigenvalue weighted by atomic mass is 10.3. The average Bonchev–Trinajstić information content (AvgIpc) is 2.40. The Morgan fingerprint density at radius 2 is 1.72 bits per heavy atom. The highest BCUT2D eigenvalue weighted by atomic mass is 35.5. The van der Waals surface area contributed by atoms with Crippen LogP contribution in [0.1, 0.15) is 6.42 Å². The topological polar surface area (TPSA) is 49.6 Å². The normalized spacial score (nSPS) is 17.4. The molecule has 0 radical (unpaired) electrons. The van der Waals surface area contributed by atoms with E-state index in [0.29, 0.717) is 26.1 Å². The highest BCUT2D eigenvalue weighted by molar-refractivity contribution is 5.85. The third-order valence-electron chi connectivity index (χ3n) is 2.52. The molecule has 18 heavy (non-hydrogen) atoms. The van der Waals surface area contributed by atoms with Crippen molar-refractivity contribution in [3.63, 3.8) is 0 Å². The number of nitrogens with zero attached hydrogens (tertiary/aromatic N) is 2. The van der Waals surface area contributed by atoms with E-state index in [0.717, 1.165) is 0 Å². The van der Waals surface area contributed by atoms with Crippen LogP contribution in [-0.2, 0) is 4.79 Å². The largest absolute Gasteiger partial charge is 0.401 e. The lowest BCUT2D eigenvalue weighted by molar-refractivity contribution is -0.145. The van der Waals surface area contributed by atoms with Gasteiger partial charge in [0.1, 0.15) is 0 Å². The Morgan fingerprint density at radius 3 is 2.22 bits per heavy atom. The molecule has 0 aromatic carbocycles. The van der Waals surface area contributed by atoms with Crippen LogP contribution in [0.2, 0.25) is 0 Å². The van der Waals surface area contributed by atoms with Crippen LogP contribution < -0.4 is 5.73 Å². The summed E-state index contributed by atoms with van der Waals surface area (Å²) in [6, 6.07) is 0. The second kappa shape index (κ2) is 8.79. The van der Waals surface area contributed by atoms with Crippen LogP contribution in [0.25, 0.3) is 0 Å². The molecule has 110 valence electrons. The van der Waals surface area contributed by atoms with Gasteiger partial charge in [-0.25, -0.2) is 0 Å². The molecular weight excluding hydrogens is 294 g/mol. The number of halogens is 5. The number of alkyl halides is 3. The van der Waals surface area contributed by atoms with Gasteiger partial charge in [-0.05, 0) is 6.42 Å². The molecule has 0 aromatic heterocycles. The Balaban J connectivity index is 0. The Kier molecular flexibility index (Phi) is 9.81. The maximum atomic E-state index is 12.2. The molecule has 2 N–H and O–H groups in total. The molecule has 0 aliphatic carbocycles. The fraction of sp³-hybridized carbons (Fsp3) is 0.889. The third kappa shape index (κ3) is 7.25. The first-order valence-corrected chi connectivity index (χ1v) is 5.19. The zero-order valence-corrected chi connectivity index (χ0v) is 11.4. The van der Waals surface area contributed by atoms with Crippen LogP contribution in [0.3, 0.4) is 0 Å². The molecule has 1 saturated heterocycles. The van der Waals surface area contributed by atoms with Crippen LogP contribution in [0.5, 0.6) is 0 Å². The van der Waals surface area contributed by atoms with E-state index in [4.69, 9.17) is 5.73 Å². The predicted octanol–water partition coefficient (Wildman–Crippen LogP) is 0.885. The molecule has 0 bridgehead atoms. The van der Waals surface area contributed by atoms with Gasteiger partial charge < -0.3 is 10.6 Å². The molecule has 1 aliphatic rings. The van der Waals surface area contributed by atoms with Crippen molar-refractivity contribution < 1.29 is 18.0 Å². The number of carbonyl (C=O) groups excluding carboxylic acids is 1. The summed E-state index contributed by atoms with van der Waals surface area (Å²) in [6.45, 7) is 0.451. The van der Waals surface area contributed by atoms with Gasteiger partial charge in [0.2, 0.25) is 5.91 Å². The van der Waals surface area contributed by atoms with Gasteiger partial charge in [0.15, 0.2) is 0 Å². The SMILES string of the molecule is Cl.Cl.NCC(=O)N1CCCN(CC(F)(F)F)CC1. The minimum absolute atomic E-state index is 0. The molecule has 1 aliphatic heterocycles. The van der Waals surface area contributed by atoms with Crippen molar-refractivity contribution in [1.82, 2.24) is 9.80 Å². The molecular formula is C9H18Cl2F3N3O. The van der Waals surface area contributed by atoms with E-state index in [1.807, 2.05) is 0 Å². The van der Waals surface area contributed by atoms with Gasteiger partial charge in [-0.3, -0.25) is 9.69 Å². The first-order chi connectivity index (χ1) is 7.42. The van der Waals surface area contributed by atoms with Crippen LogP contribution >= 0.6 is 24.8 Å². The standard InChI is InChI=1S/C9H16F3N3O.2ClH/c10-9(11,12)7-14-2-1-3-15(5-4-14)8(16)6-13;;/h1-7,13H2;2*1H. The summed E-state index contributed by atoms with van der Waals surface area (Å²) in [5.41, 5.74) is 5.21. The van der Waals surface area contributed by atoms with Crippen molar-refractivity contribution in [2.45, 2.75) is 12.6 Å². The van der Waals surface area contributed by atoms with E-state index in [1.165, 1.54) is 9.80 Å². The predicted molar refractivity (Wildman–Crippen MR) is 67.2 cm³/mol. The fourth-order valence-corrected chi connectivity index (χ4v) is 1.76. The van der Waals surface area contributed by atoms with Crippen molar-refractivity contribution in [3.05, 3.63) is 0 Å². The molecule has 0 saturated carbocycles. The third-order valence-corrected chi connectivity index (χ3v) is 2.52. The summed E-state index contributed by atoms with van der Waals surface area (Å²) in [4.78, 5) is 14.1. The van der Waals surface area contributed by atoms with Gasteiger partial charge in [0.25, 0.3) is 0 Å². The number of carbonyl (C=O) groups is 1. The van der Waals surface area contributed by atoms with Crippen molar-refractivity contribution in [3.8, 4) is 0 Å². The highest BCUT2D eigenvalue weighted by Gasteiger charge is 2.31. The van der Waals surface area contributed by atoms with E-state index in [1.54, 1.807) is 0 Å². The monoisotopic (exact) mass is 311 g/mol. The van der Waals surface area contributed by atoms with E-state index in [2.05, 4.69) is 0 Å². The number of rotatable bonds is 2. The van der Waals surface area contributed by atoms with Crippen LogP contribution in [-0.4, -0.2) is 61.2 Å². The van der Waals surface area contributed by atoms with Gasteiger partial charge in [0.05, 0.1) is 13.1 Å². The Bertz CT molecular complexity index is 254. The Morgan fingerprint density at radius 1 is 1.11 bits per heavy atom. The fourth-order valence-electron chi connectivity index (χ4n) is 1.76. The summed E-state index contributed by atoms with van der Waals surface area (Å²) in [5.74, 6) is -0.200.